The second-order valence-corrected chi connectivity index (χ2v) is 9.95. The number of nitrogens with zero attached hydrogens (tertiary/aromatic N) is 4. The van der Waals surface area contributed by atoms with Crippen LogP contribution >= 0.6 is 11.7 Å². The normalized spacial score (nSPS) is 11.1. The summed E-state index contributed by atoms with van der Waals surface area (Å²) < 4.78 is 21.6. The number of nitrogens with two attached hydrogens (primary N) is 1. The first-order chi connectivity index (χ1) is 19.9. The lowest BCUT2D eigenvalue weighted by molar-refractivity contribution is 0.101. The van der Waals surface area contributed by atoms with E-state index < -0.39 is 12.2 Å². The number of carbonyl (C=O) groups is 3. The molecule has 41 heavy (non-hydrogen) atoms. The summed E-state index contributed by atoms with van der Waals surface area (Å²) >= 11 is 1.14. The molecule has 0 saturated carbocycles. The summed E-state index contributed by atoms with van der Waals surface area (Å²) in [6, 6.07) is 17.8. The highest BCUT2D eigenvalue weighted by Crippen LogP contribution is 2.42. The Morgan fingerprint density at radius 2 is 1.80 bits per heavy atom. The lowest BCUT2D eigenvalue weighted by Crippen LogP contribution is -2.36. The van der Waals surface area contributed by atoms with E-state index in [-0.39, 0.29) is 12.5 Å². The lowest BCUT2D eigenvalue weighted by Gasteiger charge is -2.20. The molecule has 3 aromatic carbocycles. The first-order valence-corrected chi connectivity index (χ1v) is 14.0. The van der Waals surface area contributed by atoms with E-state index in [1.54, 1.807) is 31.2 Å². The lowest BCUT2D eigenvalue weighted by atomic mass is 10.0. The van der Waals surface area contributed by atoms with Gasteiger partial charge < -0.3 is 19.8 Å². The maximum Gasteiger partial charge on any atom is 0.515 e. The molecule has 10 nitrogen and oxygen atoms in total. The fraction of sp³-hybridized carbons (Fsp3) is 0.233. The summed E-state index contributed by atoms with van der Waals surface area (Å²) in [5.41, 5.74) is 11.5. The van der Waals surface area contributed by atoms with Crippen LogP contribution in [0.15, 0.2) is 60.7 Å². The Kier molecular flexibility index (Phi) is 8.25. The molecule has 5 aromatic rings. The Bertz CT molecular complexity index is 1730. The highest BCUT2D eigenvalue weighted by molar-refractivity contribution is 7.00. The second-order valence-electron chi connectivity index (χ2n) is 9.42. The van der Waals surface area contributed by atoms with E-state index in [9.17, 15) is 14.4 Å². The highest BCUT2D eigenvalue weighted by Gasteiger charge is 2.25. The average molecular weight is 572 g/mol. The summed E-state index contributed by atoms with van der Waals surface area (Å²) in [4.78, 5) is 38.0. The number of hydrogen-bond acceptors (Lipinski definition) is 8. The molecule has 11 heteroatoms. The first-order valence-electron chi connectivity index (χ1n) is 13.3. The third kappa shape index (κ3) is 5.75. The molecule has 0 aliphatic rings. The Morgan fingerprint density at radius 3 is 2.51 bits per heavy atom. The number of carbonyl (C=O) groups excluding carboxylic acids is 3. The molecule has 0 bridgehead atoms. The molecule has 5 rings (SSSR count). The van der Waals surface area contributed by atoms with E-state index in [2.05, 4.69) is 8.75 Å². The van der Waals surface area contributed by atoms with Crippen LogP contribution in [0.2, 0.25) is 0 Å². The van der Waals surface area contributed by atoms with Crippen LogP contribution in [-0.2, 0) is 11.3 Å². The zero-order chi connectivity index (χ0) is 28.9. The van der Waals surface area contributed by atoms with Crippen LogP contribution in [0.1, 0.15) is 42.6 Å². The number of rotatable bonds is 10. The summed E-state index contributed by atoms with van der Waals surface area (Å²) in [6.07, 6.45) is 1.60. The van der Waals surface area contributed by atoms with Crippen molar-refractivity contribution in [3.05, 3.63) is 71.8 Å². The van der Waals surface area contributed by atoms with Gasteiger partial charge in [0.1, 0.15) is 17.3 Å². The van der Waals surface area contributed by atoms with Crippen LogP contribution in [0, 0.1) is 0 Å². The number of ether oxygens (including phenoxy) is 2. The second kappa shape index (κ2) is 12.2. The minimum Gasteiger partial charge on any atom is -0.434 e. The largest absolute Gasteiger partial charge is 0.515 e. The number of primary amides is 1. The van der Waals surface area contributed by atoms with E-state index in [4.69, 9.17) is 15.2 Å². The molecule has 2 amide bonds. The molecule has 0 spiro atoms. The van der Waals surface area contributed by atoms with Gasteiger partial charge in [-0.3, -0.25) is 9.69 Å². The van der Waals surface area contributed by atoms with E-state index >= 15 is 0 Å². The van der Waals surface area contributed by atoms with Gasteiger partial charge in [-0.2, -0.15) is 8.75 Å². The van der Waals surface area contributed by atoms with Crippen molar-refractivity contribution in [2.24, 2.45) is 5.73 Å². The quantitative estimate of drug-likeness (QED) is 0.152. The highest BCUT2D eigenvalue weighted by atomic mass is 32.1. The first kappa shape index (κ1) is 27.8. The van der Waals surface area contributed by atoms with Gasteiger partial charge >= 0.3 is 12.2 Å². The number of aldehydes is 1. The zero-order valence-corrected chi connectivity index (χ0v) is 23.5. The van der Waals surface area contributed by atoms with Gasteiger partial charge in [-0.05, 0) is 54.8 Å². The van der Waals surface area contributed by atoms with Crippen LogP contribution in [0.5, 0.6) is 5.88 Å². The van der Waals surface area contributed by atoms with Crippen LogP contribution in [0.3, 0.4) is 0 Å². The number of fused-ring (bicyclic) bond motifs is 2. The van der Waals surface area contributed by atoms with Crippen LogP contribution in [0.4, 0.5) is 15.3 Å². The van der Waals surface area contributed by atoms with E-state index in [0.717, 1.165) is 58.4 Å². The fourth-order valence-electron chi connectivity index (χ4n) is 4.78. The standard InChI is InChI=1S/C30H29N5O5S/c1-3-5-14-34(29(31)37)22-11-13-26-23(16-22)27(21-9-6-19(18-36)7-10-21)28(40-30(38)39-4-2)35(26)17-20-8-12-24-25(15-20)33-41-32-24/h6-13,15-16,18H,3-5,14,17H2,1-2H3,(H2,31,37). The van der Waals surface area contributed by atoms with Gasteiger partial charge in [0.05, 0.1) is 36.0 Å². The molecule has 0 aliphatic heterocycles. The Morgan fingerprint density at radius 1 is 1.02 bits per heavy atom. The third-order valence-electron chi connectivity index (χ3n) is 6.75. The molecule has 2 aromatic heterocycles. The number of unbranched alkanes of at least 4 members (excludes halogenated alkanes) is 1. The minimum absolute atomic E-state index is 0.144. The van der Waals surface area contributed by atoms with E-state index in [0.29, 0.717) is 35.5 Å². The van der Waals surface area contributed by atoms with Crippen molar-refractivity contribution < 1.29 is 23.9 Å². The molecule has 2 N–H and O–H groups in total. The summed E-state index contributed by atoms with van der Waals surface area (Å²) in [5, 5.41) is 0.736. The molecule has 210 valence electrons. The van der Waals surface area contributed by atoms with Crippen molar-refractivity contribution in [2.45, 2.75) is 33.2 Å². The smallest absolute Gasteiger partial charge is 0.434 e. The predicted octanol–water partition coefficient (Wildman–Crippen LogP) is 6.39. The van der Waals surface area contributed by atoms with Crippen LogP contribution in [0.25, 0.3) is 33.1 Å². The van der Waals surface area contributed by atoms with Crippen molar-refractivity contribution in [1.29, 1.82) is 0 Å². The average Bonchev–Trinajstić information content (AvgIpc) is 3.55. The summed E-state index contributed by atoms with van der Waals surface area (Å²) in [5.74, 6) is 0.269. The molecule has 0 fully saturated rings. The van der Waals surface area contributed by atoms with Crippen LogP contribution in [-0.4, -0.2) is 44.9 Å². The van der Waals surface area contributed by atoms with Gasteiger partial charge in [-0.25, -0.2) is 9.59 Å². The van der Waals surface area contributed by atoms with Gasteiger partial charge in [-0.1, -0.05) is 43.7 Å². The zero-order valence-electron chi connectivity index (χ0n) is 22.7. The fourth-order valence-corrected chi connectivity index (χ4v) is 5.29. The van der Waals surface area contributed by atoms with Gasteiger partial charge in [0.25, 0.3) is 0 Å². The number of anilines is 1. The molecule has 0 aliphatic carbocycles. The van der Waals surface area contributed by atoms with Crippen molar-refractivity contribution in [3.8, 4) is 17.0 Å². The summed E-state index contributed by atoms with van der Waals surface area (Å²) in [7, 11) is 0. The maximum absolute atomic E-state index is 12.7. The molecule has 0 atom stereocenters. The van der Waals surface area contributed by atoms with Crippen molar-refractivity contribution in [1.82, 2.24) is 13.3 Å². The predicted molar refractivity (Wildman–Crippen MR) is 159 cm³/mol. The summed E-state index contributed by atoms with van der Waals surface area (Å²) in [6.45, 7) is 4.70. The SMILES string of the molecule is CCCCN(C(N)=O)c1ccc2c(c1)c(-c1ccc(C=O)cc1)c(OC(=O)OCC)n2Cc1ccc2nsnc2c1. The van der Waals surface area contributed by atoms with Crippen LogP contribution < -0.4 is 15.4 Å². The van der Waals surface area contributed by atoms with Crippen molar-refractivity contribution in [2.75, 3.05) is 18.1 Å². The van der Waals surface area contributed by atoms with E-state index in [1.807, 2.05) is 47.9 Å². The Balaban J connectivity index is 1.75. The number of urea groups is 1. The molecule has 2 heterocycles. The molecule has 0 radical (unpaired) electrons. The van der Waals surface area contributed by atoms with Crippen molar-refractivity contribution >= 4 is 57.8 Å². The van der Waals surface area contributed by atoms with Crippen molar-refractivity contribution in [3.63, 3.8) is 0 Å². The number of benzene rings is 3. The third-order valence-corrected chi connectivity index (χ3v) is 7.31. The molecular weight excluding hydrogens is 542 g/mol. The Hall–Kier alpha value is -4.77. The monoisotopic (exact) mass is 571 g/mol. The van der Waals surface area contributed by atoms with Gasteiger partial charge in [-0.15, -0.1) is 0 Å². The topological polar surface area (TPSA) is 130 Å². The maximum atomic E-state index is 12.7. The van der Waals surface area contributed by atoms with Gasteiger partial charge in [0.15, 0.2) is 0 Å². The van der Waals surface area contributed by atoms with E-state index in [1.165, 1.54) is 4.90 Å². The number of amides is 2. The molecular formula is C30H29N5O5S. The minimum atomic E-state index is -0.844. The van der Waals surface area contributed by atoms with Gasteiger partial charge in [0.2, 0.25) is 5.88 Å². The Labute approximate surface area is 240 Å². The number of hydrogen-bond donors (Lipinski definition) is 1. The molecule has 0 unspecified atom stereocenters. The molecule has 0 saturated heterocycles. The van der Waals surface area contributed by atoms with Gasteiger partial charge in [0, 0.05) is 23.2 Å². The number of aromatic nitrogens is 3.